The average molecular weight is 1170 g/mol. The zero-order valence-electron chi connectivity index (χ0n) is 45.5. The largest absolute Gasteiger partial charge is 0.380 e. The third-order valence-electron chi connectivity index (χ3n) is 14.7. The lowest BCUT2D eigenvalue weighted by Gasteiger charge is -2.10. The van der Waals surface area contributed by atoms with Gasteiger partial charge in [0.05, 0.1) is 11.4 Å². The highest BCUT2D eigenvalue weighted by Gasteiger charge is 2.22. The maximum Gasteiger partial charge on any atom is 0.232 e. The molecule has 0 bridgehead atoms. The van der Waals surface area contributed by atoms with Gasteiger partial charge < -0.3 is 15.5 Å². The van der Waals surface area contributed by atoms with E-state index >= 15 is 0 Å². The number of nitriles is 1. The molecule has 420 valence electrons. The number of nitrogens with one attached hydrogen (secondary N) is 1. The summed E-state index contributed by atoms with van der Waals surface area (Å²) in [5.74, 6) is 1.50. The van der Waals surface area contributed by atoms with Crippen LogP contribution in [0, 0.1) is 11.3 Å². The number of hydrogen-bond donors (Lipinski definition) is 3. The molecule has 83 heavy (non-hydrogen) atoms. The summed E-state index contributed by atoms with van der Waals surface area (Å²) in [6.07, 6.45) is 23.6. The summed E-state index contributed by atoms with van der Waals surface area (Å²) >= 11 is 17.1. The van der Waals surface area contributed by atoms with Crippen LogP contribution in [-0.4, -0.2) is 75.8 Å². The Bertz CT molecular complexity index is 3650. The average Bonchev–Trinajstić information content (AvgIpc) is 4.51. The smallest absolute Gasteiger partial charge is 0.232 e. The summed E-state index contributed by atoms with van der Waals surface area (Å²) in [7, 11) is 0. The number of aryl methyl sites for hydroxylation is 9. The Morgan fingerprint density at radius 1 is 0.458 bits per heavy atom. The van der Waals surface area contributed by atoms with Gasteiger partial charge in [0.25, 0.3) is 0 Å². The molecule has 2 unspecified atom stereocenters. The van der Waals surface area contributed by atoms with Gasteiger partial charge in [-0.1, -0.05) is 103 Å². The van der Waals surface area contributed by atoms with Crippen molar-refractivity contribution in [3.8, 4) is 6.07 Å². The molecule has 9 aromatic rings. The van der Waals surface area contributed by atoms with E-state index in [0.717, 1.165) is 159 Å². The van der Waals surface area contributed by atoms with Crippen molar-refractivity contribution in [3.05, 3.63) is 245 Å². The summed E-state index contributed by atoms with van der Waals surface area (Å²) in [4.78, 5) is 62.0. The van der Waals surface area contributed by atoms with Gasteiger partial charge in [0.2, 0.25) is 28.0 Å². The topological polar surface area (TPSA) is 248 Å². The SMILES string of the molecule is Clc1nc(Cl)c2c(n1)CCC2.Clc1ncc2c(n1)CCC2.N#Cc1ncc2c(n1)CCC2.O=C(c1ccccc1)c1ncc2c(n1)CCC2.OC(c1ccccc1)c1ncc2c(n1)CCC2.OC(c1ccccc1)c1ncc2c(n1)CNC2. The number of aliphatic hydroxyl groups excluding tert-OH is 2. The normalized spacial score (nSPS) is 14.8. The van der Waals surface area contributed by atoms with Gasteiger partial charge in [-0.2, -0.15) is 5.26 Å². The number of ketones is 1. The van der Waals surface area contributed by atoms with Crippen molar-refractivity contribution in [1.29, 1.82) is 5.26 Å². The van der Waals surface area contributed by atoms with E-state index in [1.165, 1.54) is 28.7 Å². The van der Waals surface area contributed by atoms with Crippen LogP contribution in [0.2, 0.25) is 15.7 Å². The van der Waals surface area contributed by atoms with Crippen molar-refractivity contribution < 1.29 is 15.0 Å². The summed E-state index contributed by atoms with van der Waals surface area (Å²) in [5.41, 5.74) is 15.8. The molecule has 3 aromatic carbocycles. The first kappa shape index (κ1) is 58.3. The first-order valence-corrected chi connectivity index (χ1v) is 29.0. The quantitative estimate of drug-likeness (QED) is 0.0796. The molecule has 3 N–H and O–H groups in total. The van der Waals surface area contributed by atoms with Crippen LogP contribution in [-0.2, 0) is 77.3 Å². The Balaban J connectivity index is 0.000000113. The van der Waals surface area contributed by atoms with E-state index in [9.17, 15) is 15.0 Å². The molecule has 20 heteroatoms. The maximum atomic E-state index is 12.1. The van der Waals surface area contributed by atoms with Crippen molar-refractivity contribution >= 4 is 40.6 Å². The number of aliphatic hydroxyl groups is 2. The standard InChI is InChI=1S/C14H14N2O.C14H12N2O.C13H13N3O.C8H7N3.C7H6Cl2N2.C7H7ClN2/c2*17-13(10-5-2-1-3-6-10)14-15-9-11-7-4-8-12(11)16-14;17-12(9-4-2-1-3-5-9)13-15-7-10-6-14-8-11(10)16-13;9-4-8-10-5-6-2-1-3-7(6)11-8;8-6-4-2-1-3-5(4)10-7(9)11-6;8-7-9-4-5-2-1-3-6(5)10-7/h1-3,5-6,9,13,17H,4,7-8H2;1-3,5-6,9H,4,7-8H2;1-5,7,12,14,17H,6,8H2;5H,1-3H2;1-3H2;4H,1-3H2. The lowest BCUT2D eigenvalue weighted by atomic mass is 10.1. The van der Waals surface area contributed by atoms with Crippen molar-refractivity contribution in [2.45, 2.75) is 122 Å². The third-order valence-corrected chi connectivity index (χ3v) is 15.4. The van der Waals surface area contributed by atoms with E-state index in [0.29, 0.717) is 39.3 Å². The monoisotopic (exact) mass is 1160 g/mol. The van der Waals surface area contributed by atoms with Gasteiger partial charge >= 0.3 is 0 Å². The predicted octanol–water partition coefficient (Wildman–Crippen LogP) is 10.1. The van der Waals surface area contributed by atoms with Crippen LogP contribution in [0.5, 0.6) is 0 Å². The van der Waals surface area contributed by atoms with Crippen molar-refractivity contribution in [3.63, 3.8) is 0 Å². The first-order chi connectivity index (χ1) is 40.6. The van der Waals surface area contributed by atoms with Gasteiger partial charge in [0.15, 0.2) is 11.6 Å². The molecule has 0 amide bonds. The highest BCUT2D eigenvalue weighted by molar-refractivity contribution is 6.32. The summed E-state index contributed by atoms with van der Waals surface area (Å²) < 4.78 is 0. The molecular formula is C63H59Cl3N14O3. The van der Waals surface area contributed by atoms with E-state index in [4.69, 9.17) is 40.1 Å². The Kier molecular flexibility index (Phi) is 19.9. The highest BCUT2D eigenvalue weighted by atomic mass is 35.5. The molecule has 6 aromatic heterocycles. The second-order valence-electron chi connectivity index (χ2n) is 20.4. The third kappa shape index (κ3) is 15.2. The Hall–Kier alpha value is -7.95. The Morgan fingerprint density at radius 2 is 0.916 bits per heavy atom. The number of carbonyl (C=O) groups is 1. The first-order valence-electron chi connectivity index (χ1n) is 27.8. The van der Waals surface area contributed by atoms with Gasteiger partial charge in [-0.15, -0.1) is 0 Å². The second kappa shape index (κ2) is 28.4. The molecule has 17 nitrogen and oxygen atoms in total. The molecule has 5 aliphatic carbocycles. The van der Waals surface area contributed by atoms with Crippen molar-refractivity contribution in [2.24, 2.45) is 0 Å². The number of fused-ring (bicyclic) bond motifs is 6. The van der Waals surface area contributed by atoms with E-state index in [1.807, 2.05) is 97.3 Å². The molecule has 0 fully saturated rings. The molecule has 15 rings (SSSR count). The lowest BCUT2D eigenvalue weighted by molar-refractivity contribution is 0.102. The van der Waals surface area contributed by atoms with Crippen molar-refractivity contribution in [1.82, 2.24) is 65.1 Å². The van der Waals surface area contributed by atoms with Crippen LogP contribution < -0.4 is 5.32 Å². The fraction of sp³-hybridized carbons (Fsp3) is 0.302. The van der Waals surface area contributed by atoms with Crippen molar-refractivity contribution in [2.75, 3.05) is 0 Å². The molecule has 0 saturated heterocycles. The Labute approximate surface area is 496 Å². The van der Waals surface area contributed by atoms with Crippen LogP contribution >= 0.6 is 34.8 Å². The predicted molar refractivity (Wildman–Crippen MR) is 313 cm³/mol. The van der Waals surface area contributed by atoms with Crippen LogP contribution in [0.25, 0.3) is 0 Å². The number of aromatic nitrogens is 12. The van der Waals surface area contributed by atoms with Gasteiger partial charge in [-0.05, 0) is 153 Å². The summed E-state index contributed by atoms with van der Waals surface area (Å²) in [6, 6.07) is 30.1. The van der Waals surface area contributed by atoms with Gasteiger partial charge in [-0.3, -0.25) is 4.79 Å². The number of halogens is 3. The number of hydrogen-bond acceptors (Lipinski definition) is 17. The van der Waals surface area contributed by atoms with Crippen LogP contribution in [0.1, 0.15) is 157 Å². The molecule has 0 radical (unpaired) electrons. The van der Waals surface area contributed by atoms with Crippen LogP contribution in [0.15, 0.2) is 122 Å². The minimum absolute atomic E-state index is 0.0969. The lowest BCUT2D eigenvalue weighted by Crippen LogP contribution is -2.08. The maximum absolute atomic E-state index is 12.1. The van der Waals surface area contributed by atoms with Gasteiger partial charge in [0.1, 0.15) is 23.4 Å². The highest BCUT2D eigenvalue weighted by Crippen LogP contribution is 2.28. The number of benzene rings is 3. The number of rotatable bonds is 6. The van der Waals surface area contributed by atoms with E-state index < -0.39 is 12.2 Å². The van der Waals surface area contributed by atoms with E-state index in [1.54, 1.807) is 30.7 Å². The van der Waals surface area contributed by atoms with Crippen LogP contribution in [0.4, 0.5) is 0 Å². The number of nitrogens with zero attached hydrogens (tertiary/aromatic N) is 13. The molecule has 1 aliphatic heterocycles. The Morgan fingerprint density at radius 3 is 1.51 bits per heavy atom. The molecule has 7 heterocycles. The van der Waals surface area contributed by atoms with E-state index in [-0.39, 0.29) is 11.1 Å². The summed E-state index contributed by atoms with van der Waals surface area (Å²) in [6.45, 7) is 1.57. The fourth-order valence-corrected chi connectivity index (χ4v) is 11.1. The minimum atomic E-state index is -0.748. The molecular weight excluding hydrogens is 1110 g/mol. The van der Waals surface area contributed by atoms with Crippen LogP contribution in [0.3, 0.4) is 0 Å². The zero-order valence-corrected chi connectivity index (χ0v) is 47.7. The molecule has 2 atom stereocenters. The summed E-state index contributed by atoms with van der Waals surface area (Å²) in [5, 5.41) is 33.2. The van der Waals surface area contributed by atoms with Gasteiger partial charge in [0, 0.05) is 83.5 Å². The second-order valence-corrected chi connectivity index (χ2v) is 21.4. The molecule has 0 saturated carbocycles. The van der Waals surface area contributed by atoms with E-state index in [2.05, 4.69) is 65.1 Å². The fourth-order valence-electron chi connectivity index (χ4n) is 10.4. The zero-order chi connectivity index (χ0) is 57.5. The minimum Gasteiger partial charge on any atom is -0.380 e. The molecule has 6 aliphatic rings. The van der Waals surface area contributed by atoms with Gasteiger partial charge in [-0.25, -0.2) is 59.8 Å². The molecule has 0 spiro atoms. The number of carbonyl (C=O) groups excluding carboxylic acids is 1.